The monoisotopic (exact) mass is 306 g/mol. The normalized spacial score (nSPS) is 10.2. The topological polar surface area (TPSA) is 84.6 Å². The number of anilines is 2. The number of para-hydroxylation sites is 1. The van der Waals surface area contributed by atoms with Crippen molar-refractivity contribution in [1.82, 2.24) is 0 Å². The predicted molar refractivity (Wildman–Crippen MR) is 83.1 cm³/mol. The van der Waals surface area contributed by atoms with Crippen LogP contribution in [0.1, 0.15) is 15.9 Å². The number of aromatic carboxylic acids is 1. The molecule has 0 aliphatic heterocycles. The third-order valence-corrected chi connectivity index (χ3v) is 3.29. The van der Waals surface area contributed by atoms with Crippen LogP contribution >= 0.6 is 11.6 Å². The van der Waals surface area contributed by atoms with Gasteiger partial charge in [0.2, 0.25) is 0 Å². The Morgan fingerprint density at radius 3 is 2.76 bits per heavy atom. The van der Waals surface area contributed by atoms with Crippen molar-refractivity contribution in [3.05, 3.63) is 52.5 Å². The molecule has 5 nitrogen and oxygen atoms in total. The highest BCUT2D eigenvalue weighted by molar-refractivity contribution is 6.34. The summed E-state index contributed by atoms with van der Waals surface area (Å²) in [6, 6.07) is 10.3. The van der Waals surface area contributed by atoms with Crippen molar-refractivity contribution in [2.24, 2.45) is 0 Å². The highest BCUT2D eigenvalue weighted by Crippen LogP contribution is 2.30. The van der Waals surface area contributed by atoms with Crippen molar-refractivity contribution in [3.63, 3.8) is 0 Å². The Morgan fingerprint density at radius 1 is 1.38 bits per heavy atom. The number of hydrogen-bond donors (Lipinski definition) is 3. The average molecular weight is 307 g/mol. The molecule has 6 heteroatoms. The van der Waals surface area contributed by atoms with Crippen LogP contribution in [0.2, 0.25) is 5.02 Å². The van der Waals surface area contributed by atoms with Crippen LogP contribution in [0.25, 0.3) is 0 Å². The number of nitrogens with two attached hydrogens (primary N) is 1. The summed E-state index contributed by atoms with van der Waals surface area (Å²) in [5.41, 5.74) is 7.20. The zero-order chi connectivity index (χ0) is 15.4. The molecule has 0 aliphatic carbocycles. The van der Waals surface area contributed by atoms with Gasteiger partial charge in [-0.3, -0.25) is 0 Å². The highest BCUT2D eigenvalue weighted by atomic mass is 35.5. The number of methoxy groups -OCH3 is 1. The number of hydrogen-bond acceptors (Lipinski definition) is 4. The number of nitrogens with one attached hydrogen (secondary N) is 1. The molecule has 2 aromatic rings. The first kappa shape index (κ1) is 15.0. The van der Waals surface area contributed by atoms with E-state index < -0.39 is 5.97 Å². The second-order valence-corrected chi connectivity index (χ2v) is 4.80. The molecule has 0 heterocycles. The van der Waals surface area contributed by atoms with Crippen LogP contribution in [0, 0.1) is 0 Å². The fourth-order valence-corrected chi connectivity index (χ4v) is 2.30. The van der Waals surface area contributed by atoms with E-state index >= 15 is 0 Å². The van der Waals surface area contributed by atoms with Gasteiger partial charge in [-0.05, 0) is 18.2 Å². The number of carboxylic acids is 1. The Labute approximate surface area is 127 Å². The fourth-order valence-electron chi connectivity index (χ4n) is 2.01. The second kappa shape index (κ2) is 6.37. The lowest BCUT2D eigenvalue weighted by Crippen LogP contribution is -2.08. The van der Waals surface area contributed by atoms with Gasteiger partial charge in [-0.15, -0.1) is 0 Å². The third kappa shape index (κ3) is 3.38. The summed E-state index contributed by atoms with van der Waals surface area (Å²) in [5.74, 6) is -0.375. The van der Waals surface area contributed by atoms with E-state index in [1.807, 2.05) is 24.3 Å². The molecule has 0 saturated carbocycles. The summed E-state index contributed by atoms with van der Waals surface area (Å²) >= 11 is 6.08. The van der Waals surface area contributed by atoms with E-state index in [2.05, 4.69) is 5.32 Å². The lowest BCUT2D eigenvalue weighted by Gasteiger charge is -2.14. The van der Waals surface area contributed by atoms with E-state index in [-0.39, 0.29) is 10.6 Å². The van der Waals surface area contributed by atoms with Crippen LogP contribution in [0.15, 0.2) is 36.4 Å². The molecule has 2 rings (SSSR count). The van der Waals surface area contributed by atoms with Crippen molar-refractivity contribution in [2.45, 2.75) is 6.54 Å². The molecular formula is C15H15ClN2O3. The molecule has 0 aliphatic rings. The van der Waals surface area contributed by atoms with Gasteiger partial charge < -0.3 is 20.9 Å². The van der Waals surface area contributed by atoms with Gasteiger partial charge in [-0.25, -0.2) is 4.79 Å². The molecular weight excluding hydrogens is 292 g/mol. The van der Waals surface area contributed by atoms with Gasteiger partial charge >= 0.3 is 5.97 Å². The first-order valence-electron chi connectivity index (χ1n) is 6.21. The SMILES string of the molecule is COc1ccccc1CNc1c(Cl)cc(N)cc1C(=O)O. The molecule has 110 valence electrons. The van der Waals surface area contributed by atoms with Crippen molar-refractivity contribution >= 4 is 28.9 Å². The zero-order valence-electron chi connectivity index (χ0n) is 11.4. The highest BCUT2D eigenvalue weighted by Gasteiger charge is 2.15. The summed E-state index contributed by atoms with van der Waals surface area (Å²) in [5, 5.41) is 12.5. The Bertz CT molecular complexity index is 674. The smallest absolute Gasteiger partial charge is 0.337 e. The molecule has 0 aromatic heterocycles. The van der Waals surface area contributed by atoms with Crippen LogP contribution in [0.3, 0.4) is 0 Å². The summed E-state index contributed by atoms with van der Waals surface area (Å²) in [6.45, 7) is 0.383. The lowest BCUT2D eigenvalue weighted by atomic mass is 10.1. The van der Waals surface area contributed by atoms with Gasteiger partial charge in [-0.1, -0.05) is 29.8 Å². The van der Waals surface area contributed by atoms with Gasteiger partial charge in [-0.2, -0.15) is 0 Å². The van der Waals surface area contributed by atoms with Crippen LogP contribution in [-0.2, 0) is 6.54 Å². The van der Waals surface area contributed by atoms with Gasteiger partial charge in [0.15, 0.2) is 0 Å². The lowest BCUT2D eigenvalue weighted by molar-refractivity contribution is 0.0698. The second-order valence-electron chi connectivity index (χ2n) is 4.40. The summed E-state index contributed by atoms with van der Waals surface area (Å²) in [7, 11) is 1.58. The summed E-state index contributed by atoms with van der Waals surface area (Å²) in [4.78, 5) is 11.3. The third-order valence-electron chi connectivity index (χ3n) is 2.99. The van der Waals surface area contributed by atoms with E-state index in [1.165, 1.54) is 12.1 Å². The van der Waals surface area contributed by atoms with Crippen LogP contribution in [0.5, 0.6) is 5.75 Å². The van der Waals surface area contributed by atoms with Gasteiger partial charge in [0.05, 0.1) is 23.4 Å². The number of carbonyl (C=O) groups is 1. The minimum Gasteiger partial charge on any atom is -0.496 e. The van der Waals surface area contributed by atoms with E-state index in [1.54, 1.807) is 7.11 Å². The Hall–Kier alpha value is -2.40. The van der Waals surface area contributed by atoms with Crippen molar-refractivity contribution < 1.29 is 14.6 Å². The standard InChI is InChI=1S/C15H15ClN2O3/c1-21-13-5-3-2-4-9(13)8-18-14-11(15(19)20)6-10(17)7-12(14)16/h2-7,18H,8,17H2,1H3,(H,19,20). The Kier molecular flexibility index (Phi) is 4.55. The van der Waals surface area contributed by atoms with Crippen LogP contribution in [-0.4, -0.2) is 18.2 Å². The van der Waals surface area contributed by atoms with E-state index in [4.69, 9.17) is 22.1 Å². The summed E-state index contributed by atoms with van der Waals surface area (Å²) in [6.07, 6.45) is 0. The minimum atomic E-state index is -1.09. The molecule has 0 spiro atoms. The molecule has 0 atom stereocenters. The zero-order valence-corrected chi connectivity index (χ0v) is 12.1. The van der Waals surface area contributed by atoms with Crippen LogP contribution < -0.4 is 15.8 Å². The fraction of sp³-hybridized carbons (Fsp3) is 0.133. The Morgan fingerprint density at radius 2 is 2.10 bits per heavy atom. The number of rotatable bonds is 5. The quantitative estimate of drug-likeness (QED) is 0.738. The van der Waals surface area contributed by atoms with E-state index in [9.17, 15) is 9.90 Å². The van der Waals surface area contributed by atoms with E-state index in [0.717, 1.165) is 5.56 Å². The number of halogens is 1. The van der Waals surface area contributed by atoms with Crippen molar-refractivity contribution in [3.8, 4) is 5.75 Å². The molecule has 0 saturated heterocycles. The van der Waals surface area contributed by atoms with Crippen molar-refractivity contribution in [2.75, 3.05) is 18.2 Å². The van der Waals surface area contributed by atoms with Crippen LogP contribution in [0.4, 0.5) is 11.4 Å². The number of benzene rings is 2. The maximum absolute atomic E-state index is 11.3. The first-order chi connectivity index (χ1) is 10.0. The maximum Gasteiger partial charge on any atom is 0.337 e. The molecule has 0 amide bonds. The number of carboxylic acid groups (broad SMARTS) is 1. The predicted octanol–water partition coefficient (Wildman–Crippen LogP) is 3.24. The van der Waals surface area contributed by atoms with Gasteiger partial charge in [0.1, 0.15) is 5.75 Å². The molecule has 0 radical (unpaired) electrons. The number of ether oxygens (including phenoxy) is 1. The average Bonchev–Trinajstić information content (AvgIpc) is 2.45. The van der Waals surface area contributed by atoms with E-state index in [0.29, 0.717) is 23.7 Å². The molecule has 2 aromatic carbocycles. The largest absolute Gasteiger partial charge is 0.496 e. The summed E-state index contributed by atoms with van der Waals surface area (Å²) < 4.78 is 5.25. The molecule has 0 unspecified atom stereocenters. The molecule has 0 bridgehead atoms. The molecule has 21 heavy (non-hydrogen) atoms. The van der Waals surface area contributed by atoms with Crippen molar-refractivity contribution in [1.29, 1.82) is 0 Å². The first-order valence-corrected chi connectivity index (χ1v) is 6.58. The van der Waals surface area contributed by atoms with Gasteiger partial charge in [0.25, 0.3) is 0 Å². The molecule has 0 fully saturated rings. The number of nitrogen functional groups attached to an aromatic ring is 1. The van der Waals surface area contributed by atoms with Gasteiger partial charge in [0, 0.05) is 17.8 Å². The Balaban J connectivity index is 2.30. The minimum absolute atomic E-state index is 0.0369. The maximum atomic E-state index is 11.3. The molecule has 4 N–H and O–H groups in total.